The van der Waals surface area contributed by atoms with Gasteiger partial charge >= 0.3 is 0 Å². The maximum absolute atomic E-state index is 13.0. The molecule has 1 amide bonds. The van der Waals surface area contributed by atoms with Crippen LogP contribution in [0.2, 0.25) is 0 Å². The number of imidazole rings is 1. The van der Waals surface area contributed by atoms with E-state index in [0.29, 0.717) is 16.4 Å². The number of hydrogen-bond acceptors (Lipinski definition) is 4. The first-order chi connectivity index (χ1) is 12.5. The minimum Gasteiger partial charge on any atom is -0.333 e. The van der Waals surface area contributed by atoms with E-state index in [1.54, 1.807) is 49.5 Å². The quantitative estimate of drug-likeness (QED) is 0.663. The number of rotatable bonds is 5. The van der Waals surface area contributed by atoms with E-state index < -0.39 is 5.25 Å². The zero-order valence-electron chi connectivity index (χ0n) is 13.9. The summed E-state index contributed by atoms with van der Waals surface area (Å²) in [7, 11) is 0. The third-order valence-corrected chi connectivity index (χ3v) is 4.62. The molecular weight excluding hydrogens is 351 g/mol. The van der Waals surface area contributed by atoms with Gasteiger partial charge in [-0.2, -0.15) is 5.26 Å². The van der Waals surface area contributed by atoms with Crippen molar-refractivity contribution in [3.8, 4) is 17.3 Å². The van der Waals surface area contributed by atoms with Crippen molar-refractivity contribution in [3.05, 3.63) is 66.1 Å². The molecule has 2 N–H and O–H groups in total. The molecule has 0 spiro atoms. The van der Waals surface area contributed by atoms with Crippen LogP contribution in [0, 0.1) is 17.1 Å². The molecule has 0 aliphatic heterocycles. The number of amides is 1. The molecule has 1 heterocycles. The van der Waals surface area contributed by atoms with Gasteiger partial charge in [-0.15, -0.1) is 0 Å². The van der Waals surface area contributed by atoms with Gasteiger partial charge in [0.15, 0.2) is 5.16 Å². The number of nitrogens with one attached hydrogen (secondary N) is 2. The summed E-state index contributed by atoms with van der Waals surface area (Å²) in [5.41, 5.74) is 2.63. The Balaban J connectivity index is 1.64. The van der Waals surface area contributed by atoms with E-state index in [0.717, 1.165) is 11.3 Å². The van der Waals surface area contributed by atoms with Crippen molar-refractivity contribution in [2.24, 2.45) is 0 Å². The Bertz CT molecular complexity index is 962. The smallest absolute Gasteiger partial charge is 0.237 e. The molecule has 0 aliphatic rings. The van der Waals surface area contributed by atoms with E-state index in [1.807, 2.05) is 6.07 Å². The number of hydrogen-bond donors (Lipinski definition) is 2. The highest BCUT2D eigenvalue weighted by Crippen LogP contribution is 2.25. The number of benzene rings is 2. The molecule has 2 aromatic carbocycles. The number of nitriles is 1. The standard InChI is InChI=1S/C19H15FN4OS/c1-12(18(25)23-16-4-2-3-13(9-16)10-21)26-19-22-11-17(24-19)14-5-7-15(20)8-6-14/h2-9,11-12H,1H3,(H,22,24)(H,23,25). The predicted octanol–water partition coefficient (Wildman–Crippen LogP) is 4.21. The van der Waals surface area contributed by atoms with Crippen LogP contribution in [0.15, 0.2) is 59.9 Å². The van der Waals surface area contributed by atoms with E-state index >= 15 is 0 Å². The summed E-state index contributed by atoms with van der Waals surface area (Å²) in [6.45, 7) is 1.77. The lowest BCUT2D eigenvalue weighted by Gasteiger charge is -2.10. The fourth-order valence-corrected chi connectivity index (χ4v) is 3.05. The molecule has 0 bridgehead atoms. The normalized spacial score (nSPS) is 11.6. The number of H-pyrrole nitrogens is 1. The van der Waals surface area contributed by atoms with Crippen molar-refractivity contribution < 1.29 is 9.18 Å². The van der Waals surface area contributed by atoms with Crippen molar-refractivity contribution in [3.63, 3.8) is 0 Å². The average Bonchev–Trinajstić information content (AvgIpc) is 3.11. The van der Waals surface area contributed by atoms with Gasteiger partial charge in [-0.05, 0) is 55.0 Å². The maximum atomic E-state index is 13.0. The van der Waals surface area contributed by atoms with Gasteiger partial charge in [0.25, 0.3) is 0 Å². The largest absolute Gasteiger partial charge is 0.333 e. The summed E-state index contributed by atoms with van der Waals surface area (Å²) in [5, 5.41) is 11.9. The minimum absolute atomic E-state index is 0.190. The van der Waals surface area contributed by atoms with Gasteiger partial charge in [0.2, 0.25) is 5.91 Å². The summed E-state index contributed by atoms with van der Waals surface area (Å²) in [6, 6.07) is 14.9. The van der Waals surface area contributed by atoms with Crippen molar-refractivity contribution in [1.29, 1.82) is 5.26 Å². The zero-order chi connectivity index (χ0) is 18.5. The summed E-state index contributed by atoms with van der Waals surface area (Å²) < 4.78 is 13.0. The van der Waals surface area contributed by atoms with Crippen LogP contribution < -0.4 is 5.32 Å². The van der Waals surface area contributed by atoms with Crippen LogP contribution in [0.3, 0.4) is 0 Å². The highest BCUT2D eigenvalue weighted by molar-refractivity contribution is 8.00. The first kappa shape index (κ1) is 17.7. The van der Waals surface area contributed by atoms with Gasteiger partial charge in [0.05, 0.1) is 28.8 Å². The molecule has 3 rings (SSSR count). The lowest BCUT2D eigenvalue weighted by Crippen LogP contribution is -2.22. The molecule has 0 fully saturated rings. The van der Waals surface area contributed by atoms with Crippen molar-refractivity contribution in [1.82, 2.24) is 9.97 Å². The second kappa shape index (κ2) is 7.85. The molecule has 1 atom stereocenters. The number of nitrogens with zero attached hydrogens (tertiary/aromatic N) is 2. The lowest BCUT2D eigenvalue weighted by molar-refractivity contribution is -0.115. The molecule has 0 saturated carbocycles. The second-order valence-electron chi connectivity index (χ2n) is 5.55. The molecular formula is C19H15FN4OS. The third kappa shape index (κ3) is 4.29. The highest BCUT2D eigenvalue weighted by Gasteiger charge is 2.17. The Morgan fingerprint density at radius 3 is 2.81 bits per heavy atom. The molecule has 3 aromatic rings. The SMILES string of the molecule is CC(Sc1ncc(-c2ccc(F)cc2)[nH]1)C(=O)Nc1cccc(C#N)c1. The molecule has 0 saturated heterocycles. The number of thioether (sulfide) groups is 1. The van der Waals surface area contributed by atoms with Gasteiger partial charge in [0.1, 0.15) is 5.82 Å². The molecule has 7 heteroatoms. The van der Waals surface area contributed by atoms with Crippen LogP contribution in [0.25, 0.3) is 11.3 Å². The monoisotopic (exact) mass is 366 g/mol. The van der Waals surface area contributed by atoms with Crippen LogP contribution in [-0.4, -0.2) is 21.1 Å². The van der Waals surface area contributed by atoms with Gasteiger partial charge < -0.3 is 10.3 Å². The van der Waals surface area contributed by atoms with Gasteiger partial charge in [-0.3, -0.25) is 4.79 Å². The van der Waals surface area contributed by atoms with Gasteiger partial charge in [-0.1, -0.05) is 17.8 Å². The Labute approximate surface area is 154 Å². The first-order valence-corrected chi connectivity index (χ1v) is 8.72. The number of anilines is 1. The first-order valence-electron chi connectivity index (χ1n) is 7.84. The summed E-state index contributed by atoms with van der Waals surface area (Å²) in [5.74, 6) is -0.488. The molecule has 0 radical (unpaired) electrons. The van der Waals surface area contributed by atoms with E-state index in [9.17, 15) is 9.18 Å². The molecule has 5 nitrogen and oxygen atoms in total. The second-order valence-corrected chi connectivity index (χ2v) is 6.88. The highest BCUT2D eigenvalue weighted by atomic mass is 32.2. The van der Waals surface area contributed by atoms with Crippen LogP contribution in [0.5, 0.6) is 0 Å². The molecule has 0 aliphatic carbocycles. The lowest BCUT2D eigenvalue weighted by atomic mass is 10.2. The molecule has 26 heavy (non-hydrogen) atoms. The molecule has 1 aromatic heterocycles. The van der Waals surface area contributed by atoms with Crippen LogP contribution in [-0.2, 0) is 4.79 Å². The maximum Gasteiger partial charge on any atom is 0.237 e. The number of halogens is 1. The minimum atomic E-state index is -0.395. The summed E-state index contributed by atoms with van der Waals surface area (Å²) in [4.78, 5) is 19.7. The fraction of sp³-hybridized carbons (Fsp3) is 0.105. The van der Waals surface area contributed by atoms with Crippen LogP contribution >= 0.6 is 11.8 Å². The van der Waals surface area contributed by atoms with Crippen molar-refractivity contribution >= 4 is 23.4 Å². The number of carbonyl (C=O) groups is 1. The van der Waals surface area contributed by atoms with Gasteiger partial charge in [0, 0.05) is 5.69 Å². The number of aromatic amines is 1. The van der Waals surface area contributed by atoms with Crippen molar-refractivity contribution in [2.45, 2.75) is 17.3 Å². The van der Waals surface area contributed by atoms with E-state index in [-0.39, 0.29) is 11.7 Å². The van der Waals surface area contributed by atoms with E-state index in [1.165, 1.54) is 23.9 Å². The molecule has 1 unspecified atom stereocenters. The topological polar surface area (TPSA) is 81.6 Å². The summed E-state index contributed by atoms with van der Waals surface area (Å²) in [6.07, 6.45) is 1.65. The van der Waals surface area contributed by atoms with E-state index in [2.05, 4.69) is 15.3 Å². The van der Waals surface area contributed by atoms with Crippen molar-refractivity contribution in [2.75, 3.05) is 5.32 Å². The molecule has 130 valence electrons. The Kier molecular flexibility index (Phi) is 5.34. The number of carbonyl (C=O) groups excluding carboxylic acids is 1. The van der Waals surface area contributed by atoms with Crippen LogP contribution in [0.1, 0.15) is 12.5 Å². The van der Waals surface area contributed by atoms with E-state index in [4.69, 9.17) is 5.26 Å². The fourth-order valence-electron chi connectivity index (χ4n) is 2.27. The van der Waals surface area contributed by atoms with Gasteiger partial charge in [-0.25, -0.2) is 9.37 Å². The average molecular weight is 366 g/mol. The van der Waals surface area contributed by atoms with Crippen LogP contribution in [0.4, 0.5) is 10.1 Å². The Morgan fingerprint density at radius 1 is 1.31 bits per heavy atom. The summed E-state index contributed by atoms with van der Waals surface area (Å²) >= 11 is 1.28. The zero-order valence-corrected chi connectivity index (χ0v) is 14.7. The third-order valence-electron chi connectivity index (χ3n) is 3.62. The predicted molar refractivity (Wildman–Crippen MR) is 99.1 cm³/mol. The Hall–Kier alpha value is -3.11. The number of aromatic nitrogens is 2. The Morgan fingerprint density at radius 2 is 2.08 bits per heavy atom.